The predicted octanol–water partition coefficient (Wildman–Crippen LogP) is 6.70. The number of benzene rings is 1. The van der Waals surface area contributed by atoms with E-state index in [-0.39, 0.29) is 0 Å². The Morgan fingerprint density at radius 2 is 1.36 bits per heavy atom. The van der Waals surface area contributed by atoms with E-state index in [4.69, 9.17) is 0 Å². The van der Waals surface area contributed by atoms with Crippen LogP contribution >= 0.6 is 38.6 Å². The van der Waals surface area contributed by atoms with Crippen LogP contribution in [-0.2, 0) is 0 Å². The van der Waals surface area contributed by atoms with Crippen LogP contribution in [0.4, 0.5) is 0 Å². The van der Waals surface area contributed by atoms with E-state index >= 15 is 0 Å². The van der Waals surface area contributed by atoms with E-state index in [0.717, 1.165) is 4.47 Å². The summed E-state index contributed by atoms with van der Waals surface area (Å²) >= 11 is 7.13. The molecule has 0 aliphatic carbocycles. The average Bonchev–Trinajstić information content (AvgIpc) is 3.27. The molecule has 0 bridgehead atoms. The number of nitrogens with zero attached hydrogens (tertiary/aromatic N) is 1. The topological polar surface area (TPSA) is 4.93 Å². The lowest BCUT2D eigenvalue weighted by molar-refractivity contribution is 1.10. The Bertz CT molecular complexity index is 837. The van der Waals surface area contributed by atoms with E-state index in [2.05, 4.69) is 91.9 Å². The summed E-state index contributed by atoms with van der Waals surface area (Å²) in [6, 6.07) is 21.4. The summed E-state index contributed by atoms with van der Waals surface area (Å²) in [5, 5.41) is 4.25. The van der Waals surface area contributed by atoms with E-state index in [9.17, 15) is 0 Å². The summed E-state index contributed by atoms with van der Waals surface area (Å²) in [5.74, 6) is 0. The first kappa shape index (κ1) is 14.0. The molecule has 22 heavy (non-hydrogen) atoms. The van der Waals surface area contributed by atoms with Crippen molar-refractivity contribution in [3.8, 4) is 26.8 Å². The fourth-order valence-corrected chi connectivity index (χ4v) is 4.43. The fraction of sp³-hybridized carbons (Fsp3) is 0. The molecule has 0 fully saturated rings. The molecule has 0 spiro atoms. The van der Waals surface area contributed by atoms with Crippen LogP contribution in [0.1, 0.15) is 0 Å². The molecule has 3 aromatic heterocycles. The lowest BCUT2D eigenvalue weighted by Crippen LogP contribution is -1.97. The van der Waals surface area contributed by atoms with E-state index in [1.807, 2.05) is 0 Å². The van der Waals surface area contributed by atoms with Crippen molar-refractivity contribution in [2.45, 2.75) is 0 Å². The highest BCUT2D eigenvalue weighted by molar-refractivity contribution is 9.10. The van der Waals surface area contributed by atoms with Crippen molar-refractivity contribution in [2.75, 3.05) is 0 Å². The van der Waals surface area contributed by atoms with Crippen LogP contribution in [0.3, 0.4) is 0 Å². The molecule has 0 aliphatic heterocycles. The second-order valence-electron chi connectivity index (χ2n) is 4.87. The second-order valence-corrected chi connectivity index (χ2v) is 7.68. The van der Waals surface area contributed by atoms with Gasteiger partial charge in [0.1, 0.15) is 0 Å². The van der Waals surface area contributed by atoms with Gasteiger partial charge in [0.25, 0.3) is 0 Å². The average molecular weight is 386 g/mol. The zero-order valence-corrected chi connectivity index (χ0v) is 14.8. The number of thiophene rings is 2. The quantitative estimate of drug-likeness (QED) is 0.369. The molecule has 1 aromatic carbocycles. The van der Waals surface area contributed by atoms with Gasteiger partial charge in [0.2, 0.25) is 0 Å². The Kier molecular flexibility index (Phi) is 3.74. The Morgan fingerprint density at radius 1 is 0.727 bits per heavy atom. The minimum absolute atomic E-state index is 1.09. The molecule has 0 aliphatic rings. The molecule has 0 radical (unpaired) electrons. The lowest BCUT2D eigenvalue weighted by atomic mass is 10.2. The summed E-state index contributed by atoms with van der Waals surface area (Å²) in [6.45, 7) is 0. The Balaban J connectivity index is 1.98. The molecule has 4 rings (SSSR count). The van der Waals surface area contributed by atoms with Gasteiger partial charge in [-0.2, -0.15) is 0 Å². The zero-order valence-electron chi connectivity index (χ0n) is 11.6. The molecule has 0 atom stereocenters. The minimum Gasteiger partial charge on any atom is -0.308 e. The Morgan fingerprint density at radius 3 is 1.86 bits per heavy atom. The predicted molar refractivity (Wildman–Crippen MR) is 100 cm³/mol. The molecule has 0 N–H and O–H groups in total. The summed E-state index contributed by atoms with van der Waals surface area (Å²) < 4.78 is 3.43. The van der Waals surface area contributed by atoms with Crippen LogP contribution in [0.5, 0.6) is 0 Å². The molecule has 4 heteroatoms. The van der Waals surface area contributed by atoms with Crippen LogP contribution in [0.15, 0.2) is 75.9 Å². The molecule has 0 amide bonds. The van der Waals surface area contributed by atoms with Gasteiger partial charge >= 0.3 is 0 Å². The molecule has 0 saturated heterocycles. The molecular weight excluding hydrogens is 374 g/mol. The van der Waals surface area contributed by atoms with Gasteiger partial charge in [0.15, 0.2) is 0 Å². The zero-order chi connectivity index (χ0) is 14.9. The van der Waals surface area contributed by atoms with Gasteiger partial charge in [0.05, 0.1) is 21.1 Å². The Hall–Kier alpha value is -1.62. The van der Waals surface area contributed by atoms with E-state index in [1.54, 1.807) is 22.7 Å². The van der Waals surface area contributed by atoms with Gasteiger partial charge in [-0.25, -0.2) is 0 Å². The molecule has 1 nitrogen and oxygen atoms in total. The Labute approximate surface area is 145 Å². The van der Waals surface area contributed by atoms with Gasteiger partial charge in [0, 0.05) is 10.2 Å². The third-order valence-electron chi connectivity index (χ3n) is 3.49. The highest BCUT2D eigenvalue weighted by Crippen LogP contribution is 2.36. The van der Waals surface area contributed by atoms with E-state index in [1.165, 1.54) is 26.8 Å². The maximum Gasteiger partial charge on any atom is 0.0635 e. The summed E-state index contributed by atoms with van der Waals surface area (Å²) in [4.78, 5) is 2.56. The second kappa shape index (κ2) is 5.88. The van der Waals surface area contributed by atoms with Gasteiger partial charge in [-0.05, 0) is 53.2 Å². The first-order chi connectivity index (χ1) is 10.8. The first-order valence-corrected chi connectivity index (χ1v) is 9.43. The van der Waals surface area contributed by atoms with E-state index in [0.29, 0.717) is 0 Å². The van der Waals surface area contributed by atoms with Crippen molar-refractivity contribution in [3.63, 3.8) is 0 Å². The monoisotopic (exact) mass is 385 g/mol. The normalized spacial score (nSPS) is 11.0. The minimum atomic E-state index is 1.09. The number of hydrogen-bond acceptors (Lipinski definition) is 2. The number of aromatic nitrogens is 1. The molecule has 0 saturated carbocycles. The smallest absolute Gasteiger partial charge is 0.0635 e. The van der Waals surface area contributed by atoms with Crippen molar-refractivity contribution in [1.82, 2.24) is 4.57 Å². The van der Waals surface area contributed by atoms with Crippen LogP contribution in [0.2, 0.25) is 0 Å². The van der Waals surface area contributed by atoms with Gasteiger partial charge in [-0.1, -0.05) is 34.1 Å². The van der Waals surface area contributed by atoms with Crippen LogP contribution in [0, 0.1) is 0 Å². The SMILES string of the molecule is Brc1cccc(-n2c(-c3cccs3)ccc2-c2cccs2)c1. The highest BCUT2D eigenvalue weighted by atomic mass is 79.9. The van der Waals surface area contributed by atoms with Crippen molar-refractivity contribution < 1.29 is 0 Å². The summed E-state index contributed by atoms with van der Waals surface area (Å²) in [6.07, 6.45) is 0. The van der Waals surface area contributed by atoms with Crippen molar-refractivity contribution in [3.05, 3.63) is 75.9 Å². The largest absolute Gasteiger partial charge is 0.308 e. The molecule has 0 unspecified atom stereocenters. The molecule has 4 aromatic rings. The van der Waals surface area contributed by atoms with Crippen LogP contribution < -0.4 is 0 Å². The van der Waals surface area contributed by atoms with Crippen molar-refractivity contribution >= 4 is 38.6 Å². The maximum atomic E-state index is 3.59. The number of hydrogen-bond donors (Lipinski definition) is 0. The van der Waals surface area contributed by atoms with Crippen LogP contribution in [-0.4, -0.2) is 4.57 Å². The van der Waals surface area contributed by atoms with Crippen molar-refractivity contribution in [1.29, 1.82) is 0 Å². The third-order valence-corrected chi connectivity index (χ3v) is 5.77. The third kappa shape index (κ3) is 2.47. The van der Waals surface area contributed by atoms with Crippen molar-refractivity contribution in [2.24, 2.45) is 0 Å². The molecular formula is C18H12BrNS2. The first-order valence-electron chi connectivity index (χ1n) is 6.88. The number of halogens is 1. The van der Waals surface area contributed by atoms with Gasteiger partial charge in [-0.3, -0.25) is 0 Å². The highest BCUT2D eigenvalue weighted by Gasteiger charge is 2.14. The van der Waals surface area contributed by atoms with E-state index < -0.39 is 0 Å². The number of rotatable bonds is 3. The lowest BCUT2D eigenvalue weighted by Gasteiger charge is -2.12. The van der Waals surface area contributed by atoms with Gasteiger partial charge < -0.3 is 4.57 Å². The molecule has 108 valence electrons. The maximum absolute atomic E-state index is 3.59. The van der Waals surface area contributed by atoms with Gasteiger partial charge in [-0.15, -0.1) is 22.7 Å². The fourth-order valence-electron chi connectivity index (χ4n) is 2.56. The standard InChI is InChI=1S/C18H12BrNS2/c19-13-4-1-5-14(12-13)20-15(17-6-2-10-21-17)8-9-16(20)18-7-3-11-22-18/h1-12H. The summed E-state index contributed by atoms with van der Waals surface area (Å²) in [5.41, 5.74) is 3.64. The molecule has 3 heterocycles. The van der Waals surface area contributed by atoms with Crippen LogP contribution in [0.25, 0.3) is 26.8 Å². The summed E-state index contributed by atoms with van der Waals surface area (Å²) in [7, 11) is 0.